The molecule has 0 atom stereocenters. The van der Waals surface area contributed by atoms with Crippen LogP contribution >= 0.6 is 0 Å². The number of anilines is 3. The second-order valence-corrected chi connectivity index (χ2v) is 14.3. The Hall–Kier alpha value is -6.18. The van der Waals surface area contributed by atoms with E-state index in [1.807, 2.05) is 0 Å². The number of hydrogen-bond acceptors (Lipinski definition) is 1. The van der Waals surface area contributed by atoms with Gasteiger partial charge in [-0.15, -0.1) is 0 Å². The topological polar surface area (TPSA) is 3.24 Å². The third-order valence-corrected chi connectivity index (χ3v) is 11.7. The van der Waals surface area contributed by atoms with E-state index in [2.05, 4.69) is 208 Å². The van der Waals surface area contributed by atoms with Crippen molar-refractivity contribution >= 4 is 27.8 Å². The molecule has 0 spiro atoms. The van der Waals surface area contributed by atoms with Crippen LogP contribution in [0, 0.1) is 6.92 Å². The molecule has 9 rings (SSSR count). The van der Waals surface area contributed by atoms with Crippen LogP contribution in [0.15, 0.2) is 182 Å². The molecule has 0 N–H and O–H groups in total. The highest BCUT2D eigenvalue weighted by molar-refractivity contribution is 6.08. The lowest BCUT2D eigenvalue weighted by atomic mass is 9.73. The number of fused-ring (bicyclic) bond motifs is 4. The Balaban J connectivity index is 1.25. The molecule has 8 aromatic carbocycles. The molecule has 0 aromatic heterocycles. The molecule has 53 heavy (non-hydrogen) atoms. The first-order chi connectivity index (χ1) is 26.1. The molecule has 0 amide bonds. The molecule has 0 unspecified atom stereocenters. The molecule has 0 saturated heterocycles. The molecule has 1 heteroatoms. The molecule has 1 nitrogen and oxygen atoms in total. The van der Waals surface area contributed by atoms with Crippen LogP contribution in [0.5, 0.6) is 0 Å². The predicted molar refractivity (Wildman–Crippen MR) is 226 cm³/mol. The number of hydrogen-bond donors (Lipinski definition) is 0. The SMILES string of the molecule is CCC1(CC)c2ccccc2-c2c1cc1ccccc1c2-c1ccc(N(c2ccccc2C)c2ccccc2-c2ccccc2-c2ccccc2)cc1. The highest BCUT2D eigenvalue weighted by atomic mass is 15.1. The van der Waals surface area contributed by atoms with E-state index in [1.165, 1.54) is 77.7 Å². The van der Waals surface area contributed by atoms with Crippen molar-refractivity contribution in [3.63, 3.8) is 0 Å². The van der Waals surface area contributed by atoms with Crippen molar-refractivity contribution in [1.82, 2.24) is 0 Å². The number of aryl methyl sites for hydroxylation is 1. The van der Waals surface area contributed by atoms with Crippen molar-refractivity contribution in [3.8, 4) is 44.5 Å². The molecule has 8 aromatic rings. The summed E-state index contributed by atoms with van der Waals surface area (Å²) in [6.07, 6.45) is 2.14. The Bertz CT molecular complexity index is 2590. The Morgan fingerprint density at radius 2 is 1.02 bits per heavy atom. The third kappa shape index (κ3) is 5.30. The summed E-state index contributed by atoms with van der Waals surface area (Å²) in [6.45, 7) is 6.92. The summed E-state index contributed by atoms with van der Waals surface area (Å²) in [5.74, 6) is 0. The molecular weight excluding hydrogens is 639 g/mol. The van der Waals surface area contributed by atoms with Gasteiger partial charge in [-0.3, -0.25) is 0 Å². The second-order valence-electron chi connectivity index (χ2n) is 14.3. The van der Waals surface area contributed by atoms with E-state index < -0.39 is 0 Å². The predicted octanol–water partition coefficient (Wildman–Crippen LogP) is 14.7. The molecule has 1 aliphatic carbocycles. The van der Waals surface area contributed by atoms with Gasteiger partial charge in [0.1, 0.15) is 0 Å². The summed E-state index contributed by atoms with van der Waals surface area (Å²) in [7, 11) is 0. The van der Waals surface area contributed by atoms with Crippen molar-refractivity contribution in [3.05, 3.63) is 199 Å². The number of nitrogens with zero attached hydrogens (tertiary/aromatic N) is 1. The first kappa shape index (κ1) is 32.7. The van der Waals surface area contributed by atoms with Crippen LogP contribution in [-0.4, -0.2) is 0 Å². The summed E-state index contributed by atoms with van der Waals surface area (Å²) in [4.78, 5) is 2.44. The summed E-state index contributed by atoms with van der Waals surface area (Å²) < 4.78 is 0. The highest BCUT2D eigenvalue weighted by Gasteiger charge is 2.42. The van der Waals surface area contributed by atoms with E-state index in [0.29, 0.717) is 0 Å². The number of para-hydroxylation sites is 2. The maximum atomic E-state index is 2.49. The third-order valence-electron chi connectivity index (χ3n) is 11.7. The van der Waals surface area contributed by atoms with Crippen molar-refractivity contribution in [2.24, 2.45) is 0 Å². The minimum Gasteiger partial charge on any atom is -0.310 e. The lowest BCUT2D eigenvalue weighted by molar-refractivity contribution is 0.491. The van der Waals surface area contributed by atoms with E-state index >= 15 is 0 Å². The van der Waals surface area contributed by atoms with Gasteiger partial charge in [0.25, 0.3) is 0 Å². The highest BCUT2D eigenvalue weighted by Crippen LogP contribution is 2.57. The second kappa shape index (κ2) is 13.4. The molecule has 0 bridgehead atoms. The van der Waals surface area contributed by atoms with Crippen LogP contribution in [0.4, 0.5) is 17.1 Å². The lowest BCUT2D eigenvalue weighted by Crippen LogP contribution is -2.23. The Kier molecular flexibility index (Phi) is 8.28. The van der Waals surface area contributed by atoms with Crippen LogP contribution in [0.25, 0.3) is 55.3 Å². The van der Waals surface area contributed by atoms with Crippen molar-refractivity contribution < 1.29 is 0 Å². The zero-order valence-electron chi connectivity index (χ0n) is 30.7. The first-order valence-corrected chi connectivity index (χ1v) is 19.0. The van der Waals surface area contributed by atoms with Crippen molar-refractivity contribution in [1.29, 1.82) is 0 Å². The summed E-state index contributed by atoms with van der Waals surface area (Å²) in [6, 6.07) is 67.0. The minimum absolute atomic E-state index is 0.00599. The average molecular weight is 682 g/mol. The van der Waals surface area contributed by atoms with Crippen molar-refractivity contribution in [2.45, 2.75) is 39.0 Å². The maximum Gasteiger partial charge on any atom is 0.0540 e. The van der Waals surface area contributed by atoms with Crippen LogP contribution in [0.2, 0.25) is 0 Å². The van der Waals surface area contributed by atoms with Gasteiger partial charge in [-0.25, -0.2) is 0 Å². The van der Waals surface area contributed by atoms with E-state index in [1.54, 1.807) is 0 Å². The summed E-state index contributed by atoms with van der Waals surface area (Å²) >= 11 is 0. The van der Waals surface area contributed by atoms with E-state index in [0.717, 1.165) is 24.2 Å². The number of benzene rings is 8. The monoisotopic (exact) mass is 681 g/mol. The Morgan fingerprint density at radius 3 is 1.75 bits per heavy atom. The fourth-order valence-corrected chi connectivity index (χ4v) is 9.06. The first-order valence-electron chi connectivity index (χ1n) is 19.0. The van der Waals surface area contributed by atoms with Gasteiger partial charge in [-0.2, -0.15) is 0 Å². The fourth-order valence-electron chi connectivity index (χ4n) is 9.06. The molecule has 0 radical (unpaired) electrons. The molecule has 0 aliphatic heterocycles. The Labute approximate surface area is 313 Å². The molecule has 0 fully saturated rings. The standard InChI is InChI=1S/C52H43N/c1-4-52(5-2)46-28-16-14-27-45(46)51-47(52)35-39-22-10-11-24-42(39)50(51)38-31-33-40(34-32-38)53(48-29-17-9-19-36(48)3)49-30-18-15-26-44(49)43-25-13-12-23-41(43)37-20-7-6-8-21-37/h6-35H,4-5H2,1-3H3. The summed E-state index contributed by atoms with van der Waals surface area (Å²) in [5, 5.41) is 2.60. The largest absolute Gasteiger partial charge is 0.310 e. The van der Waals surface area contributed by atoms with Crippen molar-refractivity contribution in [2.75, 3.05) is 4.90 Å². The quantitative estimate of drug-likeness (QED) is 0.154. The van der Waals surface area contributed by atoms with Gasteiger partial charge >= 0.3 is 0 Å². The molecular formula is C52H43N. The Morgan fingerprint density at radius 1 is 0.434 bits per heavy atom. The normalized spacial score (nSPS) is 12.7. The van der Waals surface area contributed by atoms with Gasteiger partial charge in [0.2, 0.25) is 0 Å². The molecule has 0 heterocycles. The molecule has 0 saturated carbocycles. The zero-order valence-corrected chi connectivity index (χ0v) is 30.7. The maximum absolute atomic E-state index is 2.49. The smallest absolute Gasteiger partial charge is 0.0540 e. The zero-order chi connectivity index (χ0) is 35.9. The lowest BCUT2D eigenvalue weighted by Gasteiger charge is -2.30. The van der Waals surface area contributed by atoms with E-state index in [4.69, 9.17) is 0 Å². The van der Waals surface area contributed by atoms with Gasteiger partial charge in [0.15, 0.2) is 0 Å². The van der Waals surface area contributed by atoms with Gasteiger partial charge in [0, 0.05) is 22.4 Å². The van der Waals surface area contributed by atoms with E-state index in [9.17, 15) is 0 Å². The molecule has 1 aliphatic rings. The van der Waals surface area contributed by atoms with Crippen LogP contribution in [0.3, 0.4) is 0 Å². The van der Waals surface area contributed by atoms with Gasteiger partial charge in [0.05, 0.1) is 5.69 Å². The summed E-state index contributed by atoms with van der Waals surface area (Å²) in [5.41, 5.74) is 17.8. The van der Waals surface area contributed by atoms with Gasteiger partial charge < -0.3 is 4.90 Å². The number of rotatable bonds is 8. The van der Waals surface area contributed by atoms with Gasteiger partial charge in [-0.1, -0.05) is 166 Å². The van der Waals surface area contributed by atoms with E-state index in [-0.39, 0.29) is 5.41 Å². The average Bonchev–Trinajstić information content (AvgIpc) is 3.51. The minimum atomic E-state index is 0.00599. The molecule has 256 valence electrons. The van der Waals surface area contributed by atoms with Crippen LogP contribution in [-0.2, 0) is 5.41 Å². The van der Waals surface area contributed by atoms with Gasteiger partial charge in [-0.05, 0) is 117 Å². The fraction of sp³-hybridized carbons (Fsp3) is 0.115. The van der Waals surface area contributed by atoms with Crippen LogP contribution < -0.4 is 4.90 Å². The van der Waals surface area contributed by atoms with Crippen LogP contribution in [0.1, 0.15) is 43.4 Å².